The highest BCUT2D eigenvalue weighted by atomic mass is 16.3. The van der Waals surface area contributed by atoms with Crippen LogP contribution in [0.25, 0.3) is 0 Å². The lowest BCUT2D eigenvalue weighted by Gasteiger charge is -2.57. The molecular formula is C16H26N2O3. The molecule has 5 heteroatoms. The van der Waals surface area contributed by atoms with Crippen LogP contribution in [0.5, 0.6) is 0 Å². The fourth-order valence-corrected chi connectivity index (χ4v) is 5.67. The van der Waals surface area contributed by atoms with Crippen molar-refractivity contribution in [2.45, 2.75) is 62.7 Å². The van der Waals surface area contributed by atoms with Gasteiger partial charge in [0, 0.05) is 12.1 Å². The molecule has 0 unspecified atom stereocenters. The van der Waals surface area contributed by atoms with Crippen molar-refractivity contribution in [2.24, 2.45) is 17.8 Å². The summed E-state index contributed by atoms with van der Waals surface area (Å²) < 4.78 is 0. The maximum absolute atomic E-state index is 12.6. The number of carbonyl (C=O) groups excluding carboxylic acids is 1. The van der Waals surface area contributed by atoms with Crippen LogP contribution in [0.15, 0.2) is 0 Å². The molecule has 0 aromatic rings. The molecule has 2 amide bonds. The zero-order chi connectivity index (χ0) is 14.6. The minimum atomic E-state index is -0.805. The number of likely N-dealkylation sites (tertiary alicyclic amines) is 1. The lowest BCUT2D eigenvalue weighted by atomic mass is 9.53. The van der Waals surface area contributed by atoms with E-state index >= 15 is 0 Å². The van der Waals surface area contributed by atoms with E-state index in [2.05, 4.69) is 5.32 Å². The van der Waals surface area contributed by atoms with Crippen LogP contribution in [-0.4, -0.2) is 52.0 Å². The standard InChI is InChI=1S/C16H26N2O3/c19-13-1-2-18(9-14(13)20)15(21)17-16-6-10-3-11(7-16)5-12(4-10)8-16/h10-14,19-20H,1-9H2,(H,17,21)/t10?,11?,12?,13-,14-,16?/m0/s1. The molecule has 0 radical (unpaired) electrons. The van der Waals surface area contributed by atoms with E-state index in [9.17, 15) is 15.0 Å². The minimum absolute atomic E-state index is 0.0207. The lowest BCUT2D eigenvalue weighted by Crippen LogP contribution is -2.63. The van der Waals surface area contributed by atoms with Crippen molar-refractivity contribution in [2.75, 3.05) is 13.1 Å². The summed E-state index contributed by atoms with van der Waals surface area (Å²) in [5.41, 5.74) is 0.0207. The van der Waals surface area contributed by atoms with E-state index in [1.165, 1.54) is 19.3 Å². The van der Waals surface area contributed by atoms with Gasteiger partial charge in [0.25, 0.3) is 0 Å². The number of hydrogen-bond acceptors (Lipinski definition) is 3. The van der Waals surface area contributed by atoms with Gasteiger partial charge in [-0.05, 0) is 62.7 Å². The number of rotatable bonds is 1. The Morgan fingerprint density at radius 2 is 1.57 bits per heavy atom. The molecule has 4 saturated carbocycles. The number of piperidine rings is 1. The number of aliphatic hydroxyl groups is 2. The van der Waals surface area contributed by atoms with E-state index in [0.29, 0.717) is 13.0 Å². The Kier molecular flexibility index (Phi) is 3.19. The van der Waals surface area contributed by atoms with Gasteiger partial charge in [-0.15, -0.1) is 0 Å². The van der Waals surface area contributed by atoms with Gasteiger partial charge in [-0.3, -0.25) is 0 Å². The van der Waals surface area contributed by atoms with Gasteiger partial charge in [0.1, 0.15) is 0 Å². The zero-order valence-corrected chi connectivity index (χ0v) is 12.5. The van der Waals surface area contributed by atoms with Crippen molar-refractivity contribution >= 4 is 6.03 Å². The Labute approximate surface area is 125 Å². The fraction of sp³-hybridized carbons (Fsp3) is 0.938. The average molecular weight is 294 g/mol. The van der Waals surface area contributed by atoms with Crippen molar-refractivity contribution in [3.63, 3.8) is 0 Å². The summed E-state index contributed by atoms with van der Waals surface area (Å²) in [7, 11) is 0. The molecule has 0 spiro atoms. The predicted molar refractivity (Wildman–Crippen MR) is 77.6 cm³/mol. The lowest BCUT2D eigenvalue weighted by molar-refractivity contribution is -0.0359. The molecule has 5 aliphatic rings. The van der Waals surface area contributed by atoms with Crippen LogP contribution >= 0.6 is 0 Å². The van der Waals surface area contributed by atoms with Crippen molar-refractivity contribution in [1.82, 2.24) is 10.2 Å². The van der Waals surface area contributed by atoms with Crippen LogP contribution in [0.3, 0.4) is 0 Å². The van der Waals surface area contributed by atoms with Crippen LogP contribution in [-0.2, 0) is 0 Å². The number of nitrogens with one attached hydrogen (secondary N) is 1. The van der Waals surface area contributed by atoms with Gasteiger partial charge in [-0.25, -0.2) is 4.79 Å². The number of nitrogens with zero attached hydrogens (tertiary/aromatic N) is 1. The summed E-state index contributed by atoms with van der Waals surface area (Å²) >= 11 is 0. The quantitative estimate of drug-likeness (QED) is 0.678. The highest BCUT2D eigenvalue weighted by molar-refractivity contribution is 5.75. The Morgan fingerprint density at radius 1 is 1.00 bits per heavy atom. The molecule has 4 aliphatic carbocycles. The van der Waals surface area contributed by atoms with E-state index in [0.717, 1.165) is 37.0 Å². The second kappa shape index (κ2) is 4.85. The molecule has 5 fully saturated rings. The van der Waals surface area contributed by atoms with Gasteiger partial charge in [0.15, 0.2) is 0 Å². The van der Waals surface area contributed by atoms with Crippen LogP contribution < -0.4 is 5.32 Å². The summed E-state index contributed by atoms with van der Waals surface area (Å²) in [6.45, 7) is 0.787. The summed E-state index contributed by atoms with van der Waals surface area (Å²) in [5, 5.41) is 22.7. The predicted octanol–water partition coefficient (Wildman–Crippen LogP) is 1.09. The van der Waals surface area contributed by atoms with Gasteiger partial charge in [-0.2, -0.15) is 0 Å². The first kappa shape index (κ1) is 13.8. The highest BCUT2D eigenvalue weighted by Gasteiger charge is 2.52. The number of urea groups is 1. The van der Waals surface area contributed by atoms with Gasteiger partial charge >= 0.3 is 6.03 Å². The maximum atomic E-state index is 12.6. The van der Waals surface area contributed by atoms with Crippen molar-refractivity contribution < 1.29 is 15.0 Å². The molecule has 4 bridgehead atoms. The normalized spacial score (nSPS) is 48.5. The average Bonchev–Trinajstić information content (AvgIpc) is 2.39. The molecule has 2 atom stereocenters. The third-order valence-electron chi connectivity index (χ3n) is 6.24. The molecule has 118 valence electrons. The molecule has 1 heterocycles. The number of hydrogen-bond donors (Lipinski definition) is 3. The molecule has 5 rings (SSSR count). The van der Waals surface area contributed by atoms with Crippen molar-refractivity contribution in [3.05, 3.63) is 0 Å². The monoisotopic (exact) mass is 294 g/mol. The fourth-order valence-electron chi connectivity index (χ4n) is 5.67. The molecule has 3 N–H and O–H groups in total. The molecule has 21 heavy (non-hydrogen) atoms. The Hall–Kier alpha value is -0.810. The summed E-state index contributed by atoms with van der Waals surface area (Å²) in [5.74, 6) is 2.43. The Balaban J connectivity index is 1.42. The number of carbonyl (C=O) groups is 1. The van der Waals surface area contributed by atoms with Gasteiger partial charge in [0.2, 0.25) is 0 Å². The van der Waals surface area contributed by atoms with Crippen LogP contribution in [0.4, 0.5) is 4.79 Å². The zero-order valence-electron chi connectivity index (χ0n) is 12.5. The number of amides is 2. The van der Waals surface area contributed by atoms with Gasteiger partial charge in [-0.1, -0.05) is 0 Å². The SMILES string of the molecule is O=C(NC12CC3CC(CC(C3)C1)C2)N1CC[C@H](O)[C@@H](O)C1. The Morgan fingerprint density at radius 3 is 2.10 bits per heavy atom. The van der Waals surface area contributed by atoms with Crippen LogP contribution in [0.2, 0.25) is 0 Å². The first-order valence-electron chi connectivity index (χ1n) is 8.46. The molecule has 5 nitrogen and oxygen atoms in total. The molecule has 0 aromatic heterocycles. The maximum Gasteiger partial charge on any atom is 0.317 e. The summed E-state index contributed by atoms with van der Waals surface area (Å²) in [6.07, 6.45) is 6.50. The second-order valence-electron chi connectivity index (χ2n) is 8.00. The largest absolute Gasteiger partial charge is 0.390 e. The van der Waals surface area contributed by atoms with E-state index in [-0.39, 0.29) is 18.1 Å². The smallest absolute Gasteiger partial charge is 0.317 e. The third kappa shape index (κ3) is 2.44. The summed E-state index contributed by atoms with van der Waals surface area (Å²) in [6, 6.07) is -0.0390. The molecule has 0 aromatic carbocycles. The molecule has 1 saturated heterocycles. The third-order valence-corrected chi connectivity index (χ3v) is 6.24. The molecular weight excluding hydrogens is 268 g/mol. The van der Waals surface area contributed by atoms with Crippen LogP contribution in [0.1, 0.15) is 44.9 Å². The second-order valence-corrected chi connectivity index (χ2v) is 8.00. The number of aliphatic hydroxyl groups excluding tert-OH is 2. The molecule has 1 aliphatic heterocycles. The van der Waals surface area contributed by atoms with E-state index in [1.807, 2.05) is 0 Å². The van der Waals surface area contributed by atoms with Gasteiger partial charge in [0.05, 0.1) is 18.8 Å². The summed E-state index contributed by atoms with van der Waals surface area (Å²) in [4.78, 5) is 14.2. The van der Waals surface area contributed by atoms with E-state index in [4.69, 9.17) is 0 Å². The van der Waals surface area contributed by atoms with E-state index < -0.39 is 12.2 Å². The highest BCUT2D eigenvalue weighted by Crippen LogP contribution is 2.55. The van der Waals surface area contributed by atoms with Crippen LogP contribution in [0, 0.1) is 17.8 Å². The first-order chi connectivity index (χ1) is 10.0. The van der Waals surface area contributed by atoms with Crippen molar-refractivity contribution in [1.29, 1.82) is 0 Å². The first-order valence-corrected chi connectivity index (χ1v) is 8.46. The Bertz CT molecular complexity index is 404. The number of β-amino-alcohol motifs (C(OH)–C–C–N with tert-alkyl or cyclic N) is 1. The van der Waals surface area contributed by atoms with Crippen molar-refractivity contribution in [3.8, 4) is 0 Å². The van der Waals surface area contributed by atoms with Gasteiger partial charge < -0.3 is 20.4 Å². The topological polar surface area (TPSA) is 72.8 Å². The van der Waals surface area contributed by atoms with E-state index in [1.54, 1.807) is 4.90 Å². The minimum Gasteiger partial charge on any atom is -0.390 e.